The van der Waals surface area contributed by atoms with Crippen LogP contribution < -0.4 is 10.7 Å². The Morgan fingerprint density at radius 2 is 1.84 bits per heavy atom. The van der Waals surface area contributed by atoms with Crippen LogP contribution >= 0.6 is 0 Å². The number of rotatable bonds is 14. The van der Waals surface area contributed by atoms with Crippen molar-refractivity contribution in [3.63, 3.8) is 0 Å². The summed E-state index contributed by atoms with van der Waals surface area (Å²) in [5.74, 6) is -2.61. The standard InChI is InChI=1S/C21H30N4O7/c26-19(24-14-6-10-18(24)21(29)30)16(9-4-5-13-22-25(31)32)23-17(20(27)28)12-11-15-7-2-1-3-8-15/h1-3,7-8,16-18,22-23H,4-6,9-14H2,(H,27,28)(H,29,30)/t16-,17-,18-/m0/s1. The van der Waals surface area contributed by atoms with Gasteiger partial charge in [0.1, 0.15) is 12.1 Å². The second kappa shape index (κ2) is 12.6. The van der Waals surface area contributed by atoms with E-state index >= 15 is 0 Å². The first kappa shape index (κ1) is 25.1. The van der Waals surface area contributed by atoms with Crippen LogP contribution in [0.1, 0.15) is 44.1 Å². The van der Waals surface area contributed by atoms with E-state index in [1.807, 2.05) is 30.3 Å². The van der Waals surface area contributed by atoms with Gasteiger partial charge in [-0.2, -0.15) is 0 Å². The number of carboxylic acid groups (broad SMARTS) is 2. The van der Waals surface area contributed by atoms with Crippen LogP contribution in [0.3, 0.4) is 0 Å². The summed E-state index contributed by atoms with van der Waals surface area (Å²) in [7, 11) is 0. The highest BCUT2D eigenvalue weighted by molar-refractivity contribution is 5.88. The Morgan fingerprint density at radius 3 is 2.47 bits per heavy atom. The molecule has 0 aliphatic carbocycles. The van der Waals surface area contributed by atoms with Crippen LogP contribution in [-0.2, 0) is 20.8 Å². The number of carboxylic acids is 2. The van der Waals surface area contributed by atoms with Crippen molar-refractivity contribution in [2.45, 2.75) is 63.1 Å². The lowest BCUT2D eigenvalue weighted by Crippen LogP contribution is -2.54. The number of likely N-dealkylation sites (tertiary alicyclic amines) is 1. The van der Waals surface area contributed by atoms with Crippen molar-refractivity contribution in [2.75, 3.05) is 13.1 Å². The molecule has 1 aromatic carbocycles. The minimum Gasteiger partial charge on any atom is -0.480 e. The van der Waals surface area contributed by atoms with Gasteiger partial charge in [0.05, 0.1) is 12.6 Å². The summed E-state index contributed by atoms with van der Waals surface area (Å²) < 4.78 is 0. The number of nitrogens with zero attached hydrogens (tertiary/aromatic N) is 2. The largest absolute Gasteiger partial charge is 0.480 e. The van der Waals surface area contributed by atoms with E-state index in [-0.39, 0.29) is 19.4 Å². The molecule has 0 bridgehead atoms. The second-order valence-corrected chi connectivity index (χ2v) is 7.82. The summed E-state index contributed by atoms with van der Waals surface area (Å²) in [5.41, 5.74) is 3.03. The van der Waals surface area contributed by atoms with Crippen molar-refractivity contribution in [1.29, 1.82) is 0 Å². The molecule has 1 amide bonds. The Balaban J connectivity index is 2.06. The first-order chi connectivity index (χ1) is 15.3. The molecule has 32 heavy (non-hydrogen) atoms. The third-order valence-corrected chi connectivity index (χ3v) is 5.54. The lowest BCUT2D eigenvalue weighted by atomic mass is 10.0. The Bertz CT molecular complexity index is 790. The van der Waals surface area contributed by atoms with Crippen molar-refractivity contribution >= 4 is 17.8 Å². The fourth-order valence-corrected chi connectivity index (χ4v) is 3.89. The molecule has 1 fully saturated rings. The van der Waals surface area contributed by atoms with Crippen LogP contribution in [0.4, 0.5) is 0 Å². The van der Waals surface area contributed by atoms with Crippen LogP contribution in [0, 0.1) is 10.1 Å². The van der Waals surface area contributed by atoms with Gasteiger partial charge in [-0.25, -0.2) is 14.9 Å². The van der Waals surface area contributed by atoms with Crippen molar-refractivity contribution in [3.05, 3.63) is 46.0 Å². The number of hydrogen-bond acceptors (Lipinski definition) is 6. The summed E-state index contributed by atoms with van der Waals surface area (Å²) >= 11 is 0. The number of carbonyl (C=O) groups is 3. The normalized spacial score (nSPS) is 17.5. The molecule has 11 heteroatoms. The van der Waals surface area contributed by atoms with E-state index in [4.69, 9.17) is 0 Å². The number of carbonyl (C=O) groups excluding carboxylic acids is 1. The molecule has 1 aliphatic heterocycles. The van der Waals surface area contributed by atoms with Crippen molar-refractivity contribution in [1.82, 2.24) is 15.6 Å². The predicted molar refractivity (Wildman–Crippen MR) is 114 cm³/mol. The molecule has 2 rings (SSSR count). The van der Waals surface area contributed by atoms with Gasteiger partial charge in [-0.05, 0) is 50.5 Å². The number of aliphatic carboxylic acids is 2. The Kier molecular flexibility index (Phi) is 9.86. The Labute approximate surface area is 185 Å². The third kappa shape index (κ3) is 7.80. The van der Waals surface area contributed by atoms with E-state index in [9.17, 15) is 34.7 Å². The number of nitrogens with one attached hydrogen (secondary N) is 2. The lowest BCUT2D eigenvalue weighted by molar-refractivity contribution is -0.544. The smallest absolute Gasteiger partial charge is 0.326 e. The van der Waals surface area contributed by atoms with Gasteiger partial charge in [-0.15, -0.1) is 5.43 Å². The topological polar surface area (TPSA) is 162 Å². The second-order valence-electron chi connectivity index (χ2n) is 7.82. The zero-order valence-corrected chi connectivity index (χ0v) is 17.8. The summed E-state index contributed by atoms with van der Waals surface area (Å²) in [6, 6.07) is 6.59. The lowest BCUT2D eigenvalue weighted by Gasteiger charge is -2.29. The molecule has 3 atom stereocenters. The SMILES string of the molecule is O=C(O)[C@H](CCc1ccccc1)N[C@@H](CCCCN[N+](=O)[O-])C(=O)N1CCC[C@H]1C(=O)O. The van der Waals surface area contributed by atoms with E-state index < -0.39 is 41.0 Å². The molecule has 0 radical (unpaired) electrons. The average Bonchev–Trinajstić information content (AvgIpc) is 3.25. The first-order valence-electron chi connectivity index (χ1n) is 10.7. The van der Waals surface area contributed by atoms with Gasteiger partial charge in [-0.3, -0.25) is 14.9 Å². The van der Waals surface area contributed by atoms with Crippen molar-refractivity contribution in [2.24, 2.45) is 0 Å². The maximum Gasteiger partial charge on any atom is 0.326 e. The molecule has 0 saturated carbocycles. The fourth-order valence-electron chi connectivity index (χ4n) is 3.89. The monoisotopic (exact) mass is 450 g/mol. The zero-order chi connectivity index (χ0) is 23.5. The number of benzene rings is 1. The van der Waals surface area contributed by atoms with Gasteiger partial charge >= 0.3 is 11.9 Å². The van der Waals surface area contributed by atoms with Gasteiger partial charge in [0.25, 0.3) is 0 Å². The molecule has 176 valence electrons. The fraction of sp³-hybridized carbons (Fsp3) is 0.571. The number of hydrogen-bond donors (Lipinski definition) is 4. The van der Waals surface area contributed by atoms with Crippen LogP contribution in [0.25, 0.3) is 0 Å². The molecule has 1 aliphatic rings. The van der Waals surface area contributed by atoms with E-state index in [1.54, 1.807) is 0 Å². The zero-order valence-electron chi connectivity index (χ0n) is 17.8. The quantitative estimate of drug-likeness (QED) is 0.184. The van der Waals surface area contributed by atoms with Crippen LogP contribution in [0.15, 0.2) is 30.3 Å². The van der Waals surface area contributed by atoms with Gasteiger partial charge in [0, 0.05) is 6.54 Å². The number of amides is 1. The predicted octanol–water partition coefficient (Wildman–Crippen LogP) is 1.06. The molecule has 0 unspecified atom stereocenters. The number of unbranched alkanes of at least 4 members (excludes halogenated alkanes) is 1. The van der Waals surface area contributed by atoms with Gasteiger partial charge in [-0.1, -0.05) is 30.3 Å². The average molecular weight is 450 g/mol. The molecule has 1 saturated heterocycles. The maximum atomic E-state index is 13.1. The molecule has 1 aromatic rings. The molecule has 0 aromatic heterocycles. The third-order valence-electron chi connectivity index (χ3n) is 5.54. The minimum absolute atomic E-state index is 0.117. The summed E-state index contributed by atoms with van der Waals surface area (Å²) in [4.78, 5) is 48.2. The highest BCUT2D eigenvalue weighted by Crippen LogP contribution is 2.20. The highest BCUT2D eigenvalue weighted by atomic mass is 16.7. The van der Waals surface area contributed by atoms with E-state index in [2.05, 4.69) is 10.7 Å². The summed E-state index contributed by atoms with van der Waals surface area (Å²) in [5, 5.41) is 31.8. The van der Waals surface area contributed by atoms with Gasteiger partial charge in [0.15, 0.2) is 5.03 Å². The minimum atomic E-state index is -1.09. The Hall–Kier alpha value is -3.21. The van der Waals surface area contributed by atoms with Crippen LogP contribution in [0.2, 0.25) is 0 Å². The number of nitro groups is 1. The summed E-state index contributed by atoms with van der Waals surface area (Å²) in [6.07, 6.45) is 2.78. The summed E-state index contributed by atoms with van der Waals surface area (Å²) in [6.45, 7) is 0.421. The molecular weight excluding hydrogens is 420 g/mol. The molecule has 4 N–H and O–H groups in total. The molecule has 11 nitrogen and oxygen atoms in total. The number of aryl methyl sites for hydroxylation is 1. The van der Waals surface area contributed by atoms with Crippen LogP contribution in [0.5, 0.6) is 0 Å². The van der Waals surface area contributed by atoms with E-state index in [1.165, 1.54) is 4.90 Å². The highest BCUT2D eigenvalue weighted by Gasteiger charge is 2.38. The van der Waals surface area contributed by atoms with Crippen molar-refractivity contribution < 1.29 is 29.6 Å². The van der Waals surface area contributed by atoms with Gasteiger partial charge in [0.2, 0.25) is 5.91 Å². The van der Waals surface area contributed by atoms with Crippen LogP contribution in [-0.4, -0.2) is 69.2 Å². The van der Waals surface area contributed by atoms with E-state index in [0.29, 0.717) is 38.6 Å². The molecule has 1 heterocycles. The Morgan fingerprint density at radius 1 is 1.12 bits per heavy atom. The van der Waals surface area contributed by atoms with Gasteiger partial charge < -0.3 is 15.1 Å². The van der Waals surface area contributed by atoms with Crippen molar-refractivity contribution in [3.8, 4) is 0 Å². The molecular formula is C21H30N4O7. The number of hydrazine groups is 1. The van der Waals surface area contributed by atoms with E-state index in [0.717, 1.165) is 5.56 Å². The first-order valence-corrected chi connectivity index (χ1v) is 10.7. The molecule has 0 spiro atoms. The maximum absolute atomic E-state index is 13.1.